The molecule has 12 rings (SSSR count). The molecule has 268 valence electrons. The van der Waals surface area contributed by atoms with E-state index in [0.717, 1.165) is 11.4 Å². The van der Waals surface area contributed by atoms with Crippen LogP contribution in [0.15, 0.2) is 188 Å². The van der Waals surface area contributed by atoms with Gasteiger partial charge in [0.25, 0.3) is 0 Å². The second-order valence-corrected chi connectivity index (χ2v) is 17.0. The van der Waals surface area contributed by atoms with E-state index >= 15 is 0 Å². The van der Waals surface area contributed by atoms with Crippen LogP contribution in [0.1, 0.15) is 5.56 Å². The molecule has 2 heterocycles. The van der Waals surface area contributed by atoms with Crippen molar-refractivity contribution in [1.82, 2.24) is 0 Å². The minimum Gasteiger partial charge on any atom is -0.308 e. The summed E-state index contributed by atoms with van der Waals surface area (Å²) in [7, 11) is 0. The first-order chi connectivity index (χ1) is 28.2. The molecule has 0 N–H and O–H groups in total. The van der Waals surface area contributed by atoms with Gasteiger partial charge >= 0.3 is 0 Å². The molecule has 0 spiro atoms. The lowest BCUT2D eigenvalue weighted by Crippen LogP contribution is -2.11. The lowest BCUT2D eigenvalue weighted by molar-refractivity contribution is 1.32. The largest absolute Gasteiger partial charge is 0.308 e. The van der Waals surface area contributed by atoms with Crippen LogP contribution in [0.2, 0.25) is 0 Å². The van der Waals surface area contributed by atoms with Crippen molar-refractivity contribution in [3.05, 3.63) is 194 Å². The number of benzene rings is 10. The number of hydrogen-bond acceptors (Lipinski definition) is 4. The Morgan fingerprint density at radius 2 is 0.772 bits per heavy atom. The maximum absolute atomic E-state index is 2.48. The van der Waals surface area contributed by atoms with Crippen LogP contribution in [0, 0.1) is 6.92 Å². The molecule has 2 nitrogen and oxygen atoms in total. The van der Waals surface area contributed by atoms with Gasteiger partial charge in [0.05, 0.1) is 32.1 Å². The van der Waals surface area contributed by atoms with Crippen LogP contribution in [0.5, 0.6) is 0 Å². The molecule has 0 amide bonds. The normalized spacial score (nSPS) is 11.9. The summed E-state index contributed by atoms with van der Waals surface area (Å²) in [5.74, 6) is 0. The lowest BCUT2D eigenvalue weighted by Gasteiger charge is -2.29. The van der Waals surface area contributed by atoms with E-state index in [2.05, 4.69) is 205 Å². The predicted octanol–water partition coefficient (Wildman–Crippen LogP) is 16.6. The van der Waals surface area contributed by atoms with Crippen molar-refractivity contribution in [1.29, 1.82) is 0 Å². The highest BCUT2D eigenvalue weighted by atomic mass is 32.1. The van der Waals surface area contributed by atoms with Crippen molar-refractivity contribution in [3.8, 4) is 0 Å². The highest BCUT2D eigenvalue weighted by Crippen LogP contribution is 2.51. The Balaban J connectivity index is 1.13. The van der Waals surface area contributed by atoms with Gasteiger partial charge in [-0.05, 0) is 88.6 Å². The van der Waals surface area contributed by atoms with Gasteiger partial charge in [-0.15, -0.1) is 22.7 Å². The number of aryl methyl sites for hydroxylation is 1. The first-order valence-corrected chi connectivity index (χ1v) is 21.1. The van der Waals surface area contributed by atoms with Crippen LogP contribution < -0.4 is 9.80 Å². The number of rotatable bonds is 6. The van der Waals surface area contributed by atoms with Crippen molar-refractivity contribution < 1.29 is 0 Å². The lowest BCUT2D eigenvalue weighted by atomic mass is 9.91. The summed E-state index contributed by atoms with van der Waals surface area (Å²) in [5, 5.41) is 12.8. The number of anilines is 6. The zero-order valence-electron chi connectivity index (χ0n) is 31.1. The summed E-state index contributed by atoms with van der Waals surface area (Å²) >= 11 is 3.78. The van der Waals surface area contributed by atoms with E-state index in [-0.39, 0.29) is 0 Å². The highest BCUT2D eigenvalue weighted by molar-refractivity contribution is 7.27. The molecule has 12 aromatic rings. The maximum Gasteiger partial charge on any atom is 0.0640 e. The van der Waals surface area contributed by atoms with Crippen LogP contribution in [-0.4, -0.2) is 0 Å². The molecule has 0 unspecified atom stereocenters. The van der Waals surface area contributed by atoms with Crippen molar-refractivity contribution >= 4 is 129 Å². The molecule has 0 radical (unpaired) electrons. The molecule has 0 bridgehead atoms. The van der Waals surface area contributed by atoms with Crippen LogP contribution >= 0.6 is 22.7 Å². The summed E-state index contributed by atoms with van der Waals surface area (Å²) in [4.78, 5) is 4.96. The van der Waals surface area contributed by atoms with Crippen LogP contribution in [-0.2, 0) is 0 Å². The Bertz CT molecular complexity index is 3490. The first kappa shape index (κ1) is 32.5. The third-order valence-corrected chi connectivity index (χ3v) is 14.3. The number of para-hydroxylation sites is 2. The predicted molar refractivity (Wildman–Crippen MR) is 250 cm³/mol. The summed E-state index contributed by atoms with van der Waals surface area (Å²) in [6, 6.07) is 69.4. The number of hydrogen-bond donors (Lipinski definition) is 0. The topological polar surface area (TPSA) is 6.48 Å². The summed E-state index contributed by atoms with van der Waals surface area (Å²) < 4.78 is 5.25. The average molecular weight is 763 g/mol. The van der Waals surface area contributed by atoms with Crippen LogP contribution in [0.25, 0.3) is 72.7 Å². The average Bonchev–Trinajstić information content (AvgIpc) is 3.85. The quantitative estimate of drug-likeness (QED) is 0.156. The van der Waals surface area contributed by atoms with Gasteiger partial charge in [0.1, 0.15) is 0 Å². The van der Waals surface area contributed by atoms with Crippen molar-refractivity contribution in [3.63, 3.8) is 0 Å². The van der Waals surface area contributed by atoms with E-state index in [1.165, 1.54) is 101 Å². The summed E-state index contributed by atoms with van der Waals surface area (Å²) in [6.07, 6.45) is 0. The highest BCUT2D eigenvalue weighted by Gasteiger charge is 2.24. The van der Waals surface area contributed by atoms with E-state index in [1.54, 1.807) is 0 Å². The standard InChI is InChI=1S/C53H34N2S2/c1-33-13-10-19-40-41-21-12-23-47(53(41)57-51(33)40)55(37-16-6-3-7-17-37)45-32-28-35-25-29-42-44(31-27-34-26-30-43(45)50(35)49(34)42)54(36-14-4-2-5-15-36)46-22-11-20-39-38-18-8-9-24-48(38)56-52(39)46/h2-32H,1H3. The number of nitrogens with zero attached hydrogens (tertiary/aromatic N) is 2. The second-order valence-electron chi connectivity index (χ2n) is 14.9. The Hall–Kier alpha value is -6.72. The number of thiophene rings is 2. The van der Waals surface area contributed by atoms with E-state index in [1.807, 2.05) is 22.7 Å². The molecule has 0 saturated carbocycles. The fourth-order valence-corrected chi connectivity index (χ4v) is 11.6. The van der Waals surface area contributed by atoms with Gasteiger partial charge < -0.3 is 9.80 Å². The molecule has 0 aliphatic heterocycles. The van der Waals surface area contributed by atoms with Crippen molar-refractivity contribution in [2.75, 3.05) is 9.80 Å². The molecule has 10 aromatic carbocycles. The van der Waals surface area contributed by atoms with Crippen LogP contribution in [0.3, 0.4) is 0 Å². The van der Waals surface area contributed by atoms with E-state index in [0.29, 0.717) is 0 Å². The van der Waals surface area contributed by atoms with Crippen molar-refractivity contribution in [2.24, 2.45) is 0 Å². The Morgan fingerprint density at radius 3 is 1.37 bits per heavy atom. The first-order valence-electron chi connectivity index (χ1n) is 19.4. The van der Waals surface area contributed by atoms with Gasteiger partial charge in [-0.1, -0.05) is 133 Å². The maximum atomic E-state index is 2.48. The minimum atomic E-state index is 1.14. The SMILES string of the molecule is Cc1cccc2c1sc1c(N(c3ccccc3)c3ccc4ccc5c(N(c6ccccc6)c6cccc7c6sc6ccccc67)ccc6ccc3c4c65)cccc12. The Labute approximate surface area is 338 Å². The van der Waals surface area contributed by atoms with Gasteiger partial charge in [0.15, 0.2) is 0 Å². The Morgan fingerprint density at radius 1 is 0.316 bits per heavy atom. The van der Waals surface area contributed by atoms with Crippen molar-refractivity contribution in [2.45, 2.75) is 6.92 Å². The molecule has 0 fully saturated rings. The molecule has 0 atom stereocenters. The second kappa shape index (κ2) is 12.7. The molecule has 4 heteroatoms. The van der Waals surface area contributed by atoms with Gasteiger partial charge in [-0.3, -0.25) is 0 Å². The van der Waals surface area contributed by atoms with Gasteiger partial charge in [0, 0.05) is 53.1 Å². The molecular formula is C53H34N2S2. The Kier molecular flexibility index (Phi) is 7.22. The van der Waals surface area contributed by atoms with Gasteiger partial charge in [-0.25, -0.2) is 0 Å². The third kappa shape index (κ3) is 4.88. The van der Waals surface area contributed by atoms with Gasteiger partial charge in [0.2, 0.25) is 0 Å². The molecule has 0 saturated heterocycles. The third-order valence-electron chi connectivity index (χ3n) is 11.7. The minimum absolute atomic E-state index is 1.14. The van der Waals surface area contributed by atoms with E-state index in [9.17, 15) is 0 Å². The summed E-state index contributed by atoms with van der Waals surface area (Å²) in [6.45, 7) is 2.23. The van der Waals surface area contributed by atoms with E-state index in [4.69, 9.17) is 0 Å². The zero-order chi connectivity index (χ0) is 37.6. The fourth-order valence-electron chi connectivity index (χ4n) is 9.16. The summed E-state index contributed by atoms with van der Waals surface area (Å²) in [5.41, 5.74) is 8.33. The molecular weight excluding hydrogens is 729 g/mol. The number of fused-ring (bicyclic) bond motifs is 6. The molecule has 0 aliphatic rings. The molecule has 0 aliphatic carbocycles. The van der Waals surface area contributed by atoms with Gasteiger partial charge in [-0.2, -0.15) is 0 Å². The van der Waals surface area contributed by atoms with Crippen LogP contribution in [0.4, 0.5) is 34.1 Å². The van der Waals surface area contributed by atoms with E-state index < -0.39 is 0 Å². The smallest absolute Gasteiger partial charge is 0.0640 e. The molecule has 2 aromatic heterocycles. The zero-order valence-corrected chi connectivity index (χ0v) is 32.7. The fraction of sp³-hybridized carbons (Fsp3) is 0.0189. The monoisotopic (exact) mass is 762 g/mol. The molecule has 57 heavy (non-hydrogen) atoms.